The first-order chi connectivity index (χ1) is 14.4. The van der Waals surface area contributed by atoms with Gasteiger partial charge in [0.1, 0.15) is 0 Å². The quantitative estimate of drug-likeness (QED) is 0.423. The van der Waals surface area contributed by atoms with Gasteiger partial charge in [-0.05, 0) is 41.8 Å². The molecule has 0 spiro atoms. The summed E-state index contributed by atoms with van der Waals surface area (Å²) < 4.78 is 10.7. The van der Waals surface area contributed by atoms with E-state index in [9.17, 15) is 19.7 Å². The highest BCUT2D eigenvalue weighted by molar-refractivity contribution is 6.22. The molecule has 2 heterocycles. The Balaban J connectivity index is 1.55. The van der Waals surface area contributed by atoms with E-state index in [0.29, 0.717) is 30.3 Å². The van der Waals surface area contributed by atoms with Gasteiger partial charge in [-0.3, -0.25) is 24.6 Å². The molecule has 2 aliphatic heterocycles. The van der Waals surface area contributed by atoms with Gasteiger partial charge < -0.3 is 9.47 Å². The molecule has 2 aliphatic rings. The first-order valence-electron chi connectivity index (χ1n) is 9.52. The number of benzene rings is 2. The number of hydrogen-bond donors (Lipinski definition) is 0. The first-order valence-corrected chi connectivity index (χ1v) is 9.52. The number of ether oxygens (including phenoxy) is 2. The number of nitrogens with zero attached hydrogens (tertiary/aromatic N) is 3. The molecule has 0 saturated carbocycles. The molecule has 0 radical (unpaired) electrons. The second kappa shape index (κ2) is 7.75. The first kappa shape index (κ1) is 19.8. The zero-order chi connectivity index (χ0) is 21.4. The summed E-state index contributed by atoms with van der Waals surface area (Å²) >= 11 is 0. The van der Waals surface area contributed by atoms with Gasteiger partial charge in [-0.2, -0.15) is 0 Å². The zero-order valence-corrected chi connectivity index (χ0v) is 16.7. The summed E-state index contributed by atoms with van der Waals surface area (Å²) in [7, 11) is 3.17. The standard InChI is InChI=1S/C21H21N3O6/c1-29-18-9-13-7-8-22(12-14(13)10-19(18)30-2)17-11-20(25)23(21(17)26)15-3-5-16(6-4-15)24(27)28/h3-6,9-10,17H,7-8,11-12H2,1-2H3/t17-/m0/s1. The van der Waals surface area contributed by atoms with Crippen molar-refractivity contribution in [1.82, 2.24) is 4.90 Å². The third kappa shape index (κ3) is 3.37. The van der Waals surface area contributed by atoms with E-state index in [2.05, 4.69) is 0 Å². The molecule has 2 aromatic carbocycles. The molecule has 0 bridgehead atoms. The van der Waals surface area contributed by atoms with Crippen LogP contribution in [0.2, 0.25) is 0 Å². The van der Waals surface area contributed by atoms with Crippen LogP contribution >= 0.6 is 0 Å². The fourth-order valence-corrected chi connectivity index (χ4v) is 4.07. The molecule has 156 valence electrons. The smallest absolute Gasteiger partial charge is 0.269 e. The van der Waals surface area contributed by atoms with E-state index in [-0.39, 0.29) is 23.9 Å². The van der Waals surface area contributed by atoms with Crippen LogP contribution in [0.4, 0.5) is 11.4 Å². The van der Waals surface area contributed by atoms with Crippen LogP contribution in [0.3, 0.4) is 0 Å². The van der Waals surface area contributed by atoms with E-state index in [0.717, 1.165) is 22.4 Å². The molecule has 0 aromatic heterocycles. The lowest BCUT2D eigenvalue weighted by Gasteiger charge is -2.32. The van der Waals surface area contributed by atoms with Crippen LogP contribution in [0, 0.1) is 10.1 Å². The highest BCUT2D eigenvalue weighted by atomic mass is 16.6. The largest absolute Gasteiger partial charge is 0.493 e. The minimum Gasteiger partial charge on any atom is -0.493 e. The molecule has 2 amide bonds. The van der Waals surface area contributed by atoms with E-state index in [1.165, 1.54) is 24.3 Å². The van der Waals surface area contributed by atoms with Crippen LogP contribution in [0.5, 0.6) is 11.5 Å². The molecule has 0 aliphatic carbocycles. The molecule has 4 rings (SSSR count). The monoisotopic (exact) mass is 411 g/mol. The Kier molecular flexibility index (Phi) is 5.13. The molecular weight excluding hydrogens is 390 g/mol. The number of fused-ring (bicyclic) bond motifs is 1. The van der Waals surface area contributed by atoms with Crippen LogP contribution in [0.1, 0.15) is 17.5 Å². The number of carbonyl (C=O) groups is 2. The Morgan fingerprint density at radius 3 is 2.27 bits per heavy atom. The molecule has 0 N–H and O–H groups in total. The number of non-ortho nitro benzene ring substituents is 1. The van der Waals surface area contributed by atoms with Crippen molar-refractivity contribution in [1.29, 1.82) is 0 Å². The minimum atomic E-state index is -0.561. The number of anilines is 1. The number of nitro benzene ring substituents is 1. The van der Waals surface area contributed by atoms with Crippen molar-refractivity contribution >= 4 is 23.2 Å². The maximum atomic E-state index is 13.1. The lowest BCUT2D eigenvalue weighted by atomic mass is 9.97. The zero-order valence-electron chi connectivity index (χ0n) is 16.7. The van der Waals surface area contributed by atoms with Gasteiger partial charge in [0.2, 0.25) is 5.91 Å². The van der Waals surface area contributed by atoms with Gasteiger partial charge in [-0.1, -0.05) is 0 Å². The van der Waals surface area contributed by atoms with Crippen molar-refractivity contribution in [3.8, 4) is 11.5 Å². The highest BCUT2D eigenvalue weighted by Gasteiger charge is 2.43. The Labute approximate surface area is 172 Å². The molecular formula is C21H21N3O6. The Morgan fingerprint density at radius 2 is 1.67 bits per heavy atom. The van der Waals surface area contributed by atoms with Crippen LogP contribution in [-0.4, -0.2) is 48.4 Å². The molecule has 2 aromatic rings. The number of carbonyl (C=O) groups excluding carboxylic acids is 2. The van der Waals surface area contributed by atoms with Crippen molar-refractivity contribution in [3.05, 3.63) is 57.6 Å². The van der Waals surface area contributed by atoms with Crippen molar-refractivity contribution in [2.45, 2.75) is 25.4 Å². The Hall–Kier alpha value is -3.46. The van der Waals surface area contributed by atoms with Crippen molar-refractivity contribution < 1.29 is 24.0 Å². The maximum absolute atomic E-state index is 13.1. The number of rotatable bonds is 5. The van der Waals surface area contributed by atoms with Crippen LogP contribution < -0.4 is 14.4 Å². The van der Waals surface area contributed by atoms with Gasteiger partial charge in [-0.25, -0.2) is 4.90 Å². The fraction of sp³-hybridized carbons (Fsp3) is 0.333. The summed E-state index contributed by atoms with van der Waals surface area (Å²) in [5.74, 6) is 0.676. The normalized spacial score (nSPS) is 19.0. The van der Waals surface area contributed by atoms with Crippen LogP contribution in [-0.2, 0) is 22.6 Å². The molecule has 9 heteroatoms. The lowest BCUT2D eigenvalue weighted by molar-refractivity contribution is -0.384. The average molecular weight is 411 g/mol. The van der Waals surface area contributed by atoms with Crippen molar-refractivity contribution in [2.75, 3.05) is 25.7 Å². The molecule has 1 atom stereocenters. The number of methoxy groups -OCH3 is 2. The van der Waals surface area contributed by atoms with E-state index in [1.54, 1.807) is 14.2 Å². The second-order valence-corrected chi connectivity index (χ2v) is 7.26. The van der Waals surface area contributed by atoms with Gasteiger partial charge in [0.15, 0.2) is 11.5 Å². The summed E-state index contributed by atoms with van der Waals surface area (Å²) in [5, 5.41) is 10.8. The molecule has 1 saturated heterocycles. The molecule has 1 fully saturated rings. The molecule has 30 heavy (non-hydrogen) atoms. The topological polar surface area (TPSA) is 102 Å². The van der Waals surface area contributed by atoms with E-state index in [1.807, 2.05) is 17.0 Å². The maximum Gasteiger partial charge on any atom is 0.269 e. The number of amides is 2. The van der Waals surface area contributed by atoms with Gasteiger partial charge >= 0.3 is 0 Å². The van der Waals surface area contributed by atoms with Gasteiger partial charge in [0, 0.05) is 25.2 Å². The predicted octanol–water partition coefficient (Wildman–Crippen LogP) is 2.30. The summed E-state index contributed by atoms with van der Waals surface area (Å²) in [6, 6.07) is 8.75. The fourth-order valence-electron chi connectivity index (χ4n) is 4.07. The van der Waals surface area contributed by atoms with Crippen molar-refractivity contribution in [2.24, 2.45) is 0 Å². The summed E-state index contributed by atoms with van der Waals surface area (Å²) in [4.78, 5) is 39.1. The predicted molar refractivity (Wildman–Crippen MR) is 108 cm³/mol. The minimum absolute atomic E-state index is 0.0818. The van der Waals surface area contributed by atoms with Crippen LogP contribution in [0.25, 0.3) is 0 Å². The van der Waals surface area contributed by atoms with Gasteiger partial charge in [0.05, 0.1) is 37.3 Å². The third-order valence-corrected chi connectivity index (χ3v) is 5.63. The number of imide groups is 1. The second-order valence-electron chi connectivity index (χ2n) is 7.26. The van der Waals surface area contributed by atoms with E-state index < -0.39 is 11.0 Å². The van der Waals surface area contributed by atoms with Gasteiger partial charge in [0.25, 0.3) is 11.6 Å². The summed E-state index contributed by atoms with van der Waals surface area (Å²) in [6.45, 7) is 1.16. The number of nitro groups is 1. The highest BCUT2D eigenvalue weighted by Crippen LogP contribution is 2.35. The van der Waals surface area contributed by atoms with Crippen molar-refractivity contribution in [3.63, 3.8) is 0 Å². The molecule has 9 nitrogen and oxygen atoms in total. The summed E-state index contributed by atoms with van der Waals surface area (Å²) in [6.07, 6.45) is 0.809. The average Bonchev–Trinajstić information content (AvgIpc) is 3.06. The Bertz CT molecular complexity index is 1020. The molecule has 0 unspecified atom stereocenters. The van der Waals surface area contributed by atoms with Gasteiger partial charge in [-0.15, -0.1) is 0 Å². The Morgan fingerprint density at radius 1 is 1.03 bits per heavy atom. The van der Waals surface area contributed by atoms with E-state index >= 15 is 0 Å². The number of hydrogen-bond acceptors (Lipinski definition) is 7. The third-order valence-electron chi connectivity index (χ3n) is 5.63. The van der Waals surface area contributed by atoms with Crippen LogP contribution in [0.15, 0.2) is 36.4 Å². The van der Waals surface area contributed by atoms with E-state index in [4.69, 9.17) is 9.47 Å². The lowest BCUT2D eigenvalue weighted by Crippen LogP contribution is -2.44. The summed E-state index contributed by atoms with van der Waals surface area (Å²) in [5.41, 5.74) is 2.43. The SMILES string of the molecule is COc1cc2c(cc1OC)CN([C@H]1CC(=O)N(c3ccc([N+](=O)[O-])cc3)C1=O)CC2.